The van der Waals surface area contributed by atoms with Crippen molar-refractivity contribution >= 4 is 21.4 Å². The van der Waals surface area contributed by atoms with Gasteiger partial charge in [-0.3, -0.25) is 9.36 Å². The Morgan fingerprint density at radius 2 is 1.92 bits per heavy atom. The fourth-order valence-electron chi connectivity index (χ4n) is 3.82. The van der Waals surface area contributed by atoms with Crippen molar-refractivity contribution in [1.29, 1.82) is 5.26 Å². The monoisotopic (exact) mass is 517 g/mol. The standard InChI is InChI=1S/C25H35N5O5S/c1-6-8-9-19(7-2)15-30-24(32)21(13-26)18(5)23(25(30)33)29-28-20-10-11-22(16(3)12-20)36(34,35)27-14-17(4)31/h10-12,17,19,27,31-32H,6-9,14-15H2,1-5H3. The van der Waals surface area contributed by atoms with Gasteiger partial charge in [0.15, 0.2) is 5.69 Å². The fraction of sp³-hybridized carbons (Fsp3) is 0.520. The highest BCUT2D eigenvalue weighted by Gasteiger charge is 2.21. The Hall–Kier alpha value is -3.07. The summed E-state index contributed by atoms with van der Waals surface area (Å²) < 4.78 is 28.5. The summed E-state index contributed by atoms with van der Waals surface area (Å²) in [6.45, 7) is 8.87. The number of aliphatic hydroxyl groups is 1. The number of hydrogen-bond acceptors (Lipinski definition) is 8. The highest BCUT2D eigenvalue weighted by molar-refractivity contribution is 7.89. The summed E-state index contributed by atoms with van der Waals surface area (Å²) >= 11 is 0. The van der Waals surface area contributed by atoms with E-state index < -0.39 is 21.7 Å². The second-order valence-corrected chi connectivity index (χ2v) is 10.7. The molecule has 2 unspecified atom stereocenters. The number of aromatic hydroxyl groups is 1. The number of pyridine rings is 1. The van der Waals surface area contributed by atoms with Gasteiger partial charge in [0, 0.05) is 18.7 Å². The molecule has 0 aliphatic carbocycles. The van der Waals surface area contributed by atoms with E-state index in [4.69, 9.17) is 0 Å². The van der Waals surface area contributed by atoms with Gasteiger partial charge in [0.05, 0.1) is 16.7 Å². The van der Waals surface area contributed by atoms with E-state index >= 15 is 0 Å². The van der Waals surface area contributed by atoms with E-state index in [1.54, 1.807) is 6.92 Å². The van der Waals surface area contributed by atoms with Crippen LogP contribution in [0.1, 0.15) is 63.1 Å². The lowest BCUT2D eigenvalue weighted by Crippen LogP contribution is -2.31. The van der Waals surface area contributed by atoms with Gasteiger partial charge in [0.1, 0.15) is 11.6 Å². The van der Waals surface area contributed by atoms with Crippen molar-refractivity contribution in [2.45, 2.75) is 77.8 Å². The molecule has 0 amide bonds. The number of azo groups is 1. The van der Waals surface area contributed by atoms with Crippen LogP contribution < -0.4 is 10.3 Å². The predicted molar refractivity (Wildman–Crippen MR) is 137 cm³/mol. The van der Waals surface area contributed by atoms with Gasteiger partial charge in [0.2, 0.25) is 15.9 Å². The summed E-state index contributed by atoms with van der Waals surface area (Å²) in [6, 6.07) is 6.29. The molecule has 0 aliphatic rings. The molecule has 2 rings (SSSR count). The number of nitriles is 1. The molecule has 0 saturated heterocycles. The Kier molecular flexibility index (Phi) is 10.3. The number of aromatic nitrogens is 1. The highest BCUT2D eigenvalue weighted by atomic mass is 32.2. The van der Waals surface area contributed by atoms with Crippen molar-refractivity contribution in [2.24, 2.45) is 16.1 Å². The summed E-state index contributed by atoms with van der Waals surface area (Å²) in [7, 11) is -3.82. The quantitative estimate of drug-likeness (QED) is 0.356. The largest absolute Gasteiger partial charge is 0.493 e. The molecule has 11 heteroatoms. The first-order chi connectivity index (χ1) is 17.0. The lowest BCUT2D eigenvalue weighted by molar-refractivity contribution is 0.198. The first-order valence-electron chi connectivity index (χ1n) is 12.0. The van der Waals surface area contributed by atoms with Gasteiger partial charge < -0.3 is 10.2 Å². The lowest BCUT2D eigenvalue weighted by Gasteiger charge is -2.19. The number of aliphatic hydroxyl groups excluding tert-OH is 1. The van der Waals surface area contributed by atoms with E-state index in [0.717, 1.165) is 25.7 Å². The average Bonchev–Trinajstić information content (AvgIpc) is 2.82. The summed E-state index contributed by atoms with van der Waals surface area (Å²) in [5.74, 6) is -0.212. The number of sulfonamides is 1. The topological polar surface area (TPSA) is 157 Å². The van der Waals surface area contributed by atoms with Crippen LogP contribution in [0, 0.1) is 31.1 Å². The van der Waals surface area contributed by atoms with Crippen molar-refractivity contribution in [2.75, 3.05) is 6.54 Å². The molecule has 1 aromatic carbocycles. The van der Waals surface area contributed by atoms with E-state index in [0.29, 0.717) is 11.3 Å². The molecule has 0 aliphatic heterocycles. The third-order valence-electron chi connectivity index (χ3n) is 6.04. The third-order valence-corrected chi connectivity index (χ3v) is 7.62. The minimum atomic E-state index is -3.82. The van der Waals surface area contributed by atoms with Crippen LogP contribution in [0.3, 0.4) is 0 Å². The maximum atomic E-state index is 13.2. The average molecular weight is 518 g/mol. The van der Waals surface area contributed by atoms with E-state index in [9.17, 15) is 28.7 Å². The van der Waals surface area contributed by atoms with Crippen LogP contribution in [0.15, 0.2) is 38.1 Å². The first-order valence-corrected chi connectivity index (χ1v) is 13.5. The molecule has 36 heavy (non-hydrogen) atoms. The van der Waals surface area contributed by atoms with Crippen LogP contribution in [-0.2, 0) is 16.6 Å². The zero-order valence-corrected chi connectivity index (χ0v) is 22.3. The number of aryl methyl sites for hydroxylation is 1. The van der Waals surface area contributed by atoms with Crippen molar-refractivity contribution in [3.63, 3.8) is 0 Å². The van der Waals surface area contributed by atoms with Crippen LogP contribution in [0.25, 0.3) is 0 Å². The molecule has 2 atom stereocenters. The molecule has 3 N–H and O–H groups in total. The van der Waals surface area contributed by atoms with Gasteiger partial charge in [-0.1, -0.05) is 33.1 Å². The Balaban J connectivity index is 2.46. The molecule has 196 valence electrons. The molecule has 10 nitrogen and oxygen atoms in total. The minimum absolute atomic E-state index is 0.0318. The first kappa shape index (κ1) is 29.2. The SMILES string of the molecule is CCCCC(CC)Cn1c(O)c(C#N)c(C)c(N=Nc2ccc(S(=O)(=O)NCC(C)O)c(C)c2)c1=O. The summed E-state index contributed by atoms with van der Waals surface area (Å²) in [5, 5.41) is 37.8. The van der Waals surface area contributed by atoms with Gasteiger partial charge in [-0.25, -0.2) is 13.1 Å². The minimum Gasteiger partial charge on any atom is -0.493 e. The molecule has 0 fully saturated rings. The van der Waals surface area contributed by atoms with Crippen molar-refractivity contribution < 1.29 is 18.6 Å². The Labute approximate surface area is 212 Å². The predicted octanol–water partition coefficient (Wildman–Crippen LogP) is 4.33. The number of rotatable bonds is 12. The third kappa shape index (κ3) is 7.00. The zero-order valence-electron chi connectivity index (χ0n) is 21.4. The second-order valence-electron chi connectivity index (χ2n) is 8.97. The maximum Gasteiger partial charge on any atom is 0.281 e. The number of unbranched alkanes of at least 4 members (excludes halogenated alkanes) is 1. The van der Waals surface area contributed by atoms with Gasteiger partial charge in [-0.05, 0) is 56.9 Å². The maximum absolute atomic E-state index is 13.2. The summed E-state index contributed by atoms with van der Waals surface area (Å²) in [5.41, 5.74) is 0.316. The Morgan fingerprint density at radius 3 is 2.47 bits per heavy atom. The number of hydrogen-bond donors (Lipinski definition) is 3. The molecule has 2 aromatic rings. The molecule has 0 bridgehead atoms. The Bertz CT molecular complexity index is 1310. The van der Waals surface area contributed by atoms with E-state index in [-0.39, 0.29) is 46.6 Å². The number of nitrogens with one attached hydrogen (secondary N) is 1. The van der Waals surface area contributed by atoms with Gasteiger partial charge in [0.25, 0.3) is 5.56 Å². The van der Waals surface area contributed by atoms with Crippen molar-refractivity contribution in [1.82, 2.24) is 9.29 Å². The molecule has 0 spiro atoms. The van der Waals surface area contributed by atoms with Crippen LogP contribution in [0.2, 0.25) is 0 Å². The van der Waals surface area contributed by atoms with Crippen molar-refractivity contribution in [3.8, 4) is 11.9 Å². The summed E-state index contributed by atoms with van der Waals surface area (Å²) in [4.78, 5) is 13.3. The van der Waals surface area contributed by atoms with E-state index in [1.165, 1.54) is 36.6 Å². The van der Waals surface area contributed by atoms with Crippen LogP contribution in [0.4, 0.5) is 11.4 Å². The number of nitrogens with zero attached hydrogens (tertiary/aromatic N) is 4. The van der Waals surface area contributed by atoms with Gasteiger partial charge >= 0.3 is 0 Å². The molecule has 1 aromatic heterocycles. The highest BCUT2D eigenvalue weighted by Crippen LogP contribution is 2.29. The molecular weight excluding hydrogens is 482 g/mol. The molecule has 1 heterocycles. The van der Waals surface area contributed by atoms with E-state index in [2.05, 4.69) is 21.9 Å². The van der Waals surface area contributed by atoms with Gasteiger partial charge in [-0.2, -0.15) is 10.4 Å². The normalized spacial score (nSPS) is 13.6. The fourth-order valence-corrected chi connectivity index (χ4v) is 5.16. The van der Waals surface area contributed by atoms with Crippen LogP contribution in [0.5, 0.6) is 5.88 Å². The molecule has 0 radical (unpaired) electrons. The number of benzene rings is 1. The van der Waals surface area contributed by atoms with Crippen LogP contribution in [-0.4, -0.2) is 35.8 Å². The molecular formula is C25H35N5O5S. The lowest BCUT2D eigenvalue weighted by atomic mass is 9.99. The second kappa shape index (κ2) is 12.8. The molecule has 0 saturated carbocycles. The smallest absolute Gasteiger partial charge is 0.281 e. The van der Waals surface area contributed by atoms with Crippen molar-refractivity contribution in [3.05, 3.63) is 45.2 Å². The zero-order chi connectivity index (χ0) is 27.0. The van der Waals surface area contributed by atoms with E-state index in [1.807, 2.05) is 13.0 Å². The summed E-state index contributed by atoms with van der Waals surface area (Å²) in [6.07, 6.45) is 2.90. The van der Waals surface area contributed by atoms with Crippen LogP contribution >= 0.6 is 0 Å². The van der Waals surface area contributed by atoms with Gasteiger partial charge in [-0.15, -0.1) is 5.11 Å². The Morgan fingerprint density at radius 1 is 1.22 bits per heavy atom.